The van der Waals surface area contributed by atoms with Crippen molar-refractivity contribution in [2.45, 2.75) is 94.4 Å². The van der Waals surface area contributed by atoms with Crippen LogP contribution in [0.1, 0.15) is 90.1 Å². The maximum absolute atomic E-state index is 15.3. The van der Waals surface area contributed by atoms with E-state index in [4.69, 9.17) is 49.8 Å². The van der Waals surface area contributed by atoms with Crippen molar-refractivity contribution in [2.24, 2.45) is 0 Å². The van der Waals surface area contributed by atoms with Crippen molar-refractivity contribution in [3.63, 3.8) is 0 Å². The number of terminal acetylenes is 1. The van der Waals surface area contributed by atoms with Gasteiger partial charge in [-0.3, -0.25) is 44.1 Å². The number of piperidine rings is 1. The first-order valence-electron chi connectivity index (χ1n) is 29.7. The maximum Gasteiger partial charge on any atom is 0.409 e. The Morgan fingerprint density at radius 3 is 2.39 bits per heavy atom. The Bertz CT molecular complexity index is 3570. The minimum atomic E-state index is -1.12. The number of aromatic hydroxyl groups is 1. The highest BCUT2D eigenvalue weighted by molar-refractivity contribution is 6.26. The number of carbonyl (C=O) groups excluding carboxylic acids is 6. The van der Waals surface area contributed by atoms with Crippen molar-refractivity contribution in [3.05, 3.63) is 88.9 Å². The number of pyridine rings is 1. The van der Waals surface area contributed by atoms with Crippen LogP contribution in [0.15, 0.2) is 60.8 Å². The topological polar surface area (TPSA) is 266 Å². The molecule has 0 spiro atoms. The molecule has 0 radical (unpaired) electrons. The predicted octanol–water partition coefficient (Wildman–Crippen LogP) is 5.28. The number of hydrogen-bond donors (Lipinski definition) is 4. The van der Waals surface area contributed by atoms with Gasteiger partial charge < -0.3 is 54.0 Å². The number of imide groups is 2. The summed E-state index contributed by atoms with van der Waals surface area (Å²) in [5.74, 6) is -0.299. The summed E-state index contributed by atoms with van der Waals surface area (Å²) in [6, 6.07) is 10.2. The second-order valence-electron chi connectivity index (χ2n) is 22.9. The third-order valence-corrected chi connectivity index (χ3v) is 17.2. The van der Waals surface area contributed by atoms with Gasteiger partial charge in [0, 0.05) is 80.5 Å². The molecule has 24 heteroatoms. The number of phenols is 1. The molecule has 5 atom stereocenters. The highest BCUT2D eigenvalue weighted by Crippen LogP contribution is 2.46. The molecule has 5 aromatic rings. The Morgan fingerprint density at radius 2 is 1.67 bits per heavy atom. The third kappa shape index (κ3) is 12.8. The summed E-state index contributed by atoms with van der Waals surface area (Å²) in [5.41, 5.74) is 3.39. The number of ether oxygens (including phenoxy) is 6. The van der Waals surface area contributed by atoms with E-state index >= 15 is 4.39 Å². The number of amides is 6. The minimum Gasteiger partial charge on any atom is -0.508 e. The molecule has 8 heterocycles. The lowest BCUT2D eigenvalue weighted by atomic mass is 9.93. The van der Waals surface area contributed by atoms with Crippen molar-refractivity contribution in [1.82, 2.24) is 40.3 Å². The number of carbonyl (C=O) groups is 6. The van der Waals surface area contributed by atoms with Crippen LogP contribution in [0, 0.1) is 18.2 Å². The normalized spacial score (nSPS) is 21.6. The van der Waals surface area contributed by atoms with Gasteiger partial charge in [0.1, 0.15) is 36.6 Å². The average Bonchev–Trinajstić information content (AvgIpc) is 1.81. The Kier molecular flexibility index (Phi) is 18.4. The molecule has 2 bridgehead atoms. The quantitative estimate of drug-likeness (QED) is 0.0251. The number of rotatable bonds is 25. The molecule has 11 rings (SSSR count). The summed E-state index contributed by atoms with van der Waals surface area (Å²) in [7, 11) is 1.67. The van der Waals surface area contributed by atoms with E-state index in [1.165, 1.54) is 29.2 Å². The summed E-state index contributed by atoms with van der Waals surface area (Å²) in [5, 5.41) is 21.3. The average molecular weight is 1200 g/mol. The van der Waals surface area contributed by atoms with Crippen molar-refractivity contribution in [2.75, 3.05) is 110 Å². The molecule has 5 saturated heterocycles. The molecule has 458 valence electrons. The molecule has 6 aliphatic rings. The van der Waals surface area contributed by atoms with E-state index in [-0.39, 0.29) is 99.1 Å². The Hall–Kier alpha value is -8.18. The molecular formula is C63H71FN10O13. The van der Waals surface area contributed by atoms with Crippen molar-refractivity contribution >= 4 is 68.8 Å². The van der Waals surface area contributed by atoms with E-state index in [1.54, 1.807) is 31.4 Å². The fourth-order valence-electron chi connectivity index (χ4n) is 13.0. The zero-order valence-electron chi connectivity index (χ0n) is 48.8. The monoisotopic (exact) mass is 1190 g/mol. The van der Waals surface area contributed by atoms with Gasteiger partial charge in [-0.1, -0.05) is 37.1 Å². The van der Waals surface area contributed by atoms with Gasteiger partial charge in [-0.25, -0.2) is 9.18 Å². The molecule has 2 aromatic heterocycles. The Balaban J connectivity index is 0.601. The van der Waals surface area contributed by atoms with Gasteiger partial charge in [0.2, 0.25) is 17.7 Å². The number of likely N-dealkylation sites (N-methyl/N-ethyl adjacent to an activating group) is 1. The van der Waals surface area contributed by atoms with E-state index in [2.05, 4.69) is 38.2 Å². The summed E-state index contributed by atoms with van der Waals surface area (Å²) in [6.07, 6.45) is 12.1. The zero-order chi connectivity index (χ0) is 60.9. The van der Waals surface area contributed by atoms with Crippen LogP contribution in [-0.2, 0) is 44.5 Å². The fraction of sp³-hybridized carbons (Fsp3) is 0.476. The summed E-state index contributed by atoms with van der Waals surface area (Å²) < 4.78 is 50.3. The van der Waals surface area contributed by atoms with Crippen LogP contribution in [0.4, 0.5) is 20.7 Å². The minimum absolute atomic E-state index is 0.00349. The molecule has 0 aliphatic carbocycles. The molecule has 6 amide bonds. The first-order chi connectivity index (χ1) is 42.1. The van der Waals surface area contributed by atoms with Crippen LogP contribution in [0.3, 0.4) is 0 Å². The molecule has 4 N–H and O–H groups in total. The number of benzene rings is 3. The van der Waals surface area contributed by atoms with Crippen LogP contribution in [0.25, 0.3) is 32.9 Å². The van der Waals surface area contributed by atoms with Crippen molar-refractivity contribution in [1.29, 1.82) is 0 Å². The Morgan fingerprint density at radius 1 is 0.931 bits per heavy atom. The van der Waals surface area contributed by atoms with Crippen LogP contribution in [0.2, 0.25) is 0 Å². The van der Waals surface area contributed by atoms with E-state index in [1.807, 2.05) is 6.92 Å². The van der Waals surface area contributed by atoms with Gasteiger partial charge in [0.15, 0.2) is 0 Å². The Labute approximate surface area is 502 Å². The van der Waals surface area contributed by atoms with Crippen molar-refractivity contribution in [3.8, 4) is 35.4 Å². The lowest BCUT2D eigenvalue weighted by Gasteiger charge is -2.35. The van der Waals surface area contributed by atoms with Crippen LogP contribution < -0.4 is 25.6 Å². The molecule has 87 heavy (non-hydrogen) atoms. The van der Waals surface area contributed by atoms with Crippen LogP contribution in [0.5, 0.6) is 11.8 Å². The van der Waals surface area contributed by atoms with Crippen molar-refractivity contribution < 1.29 is 66.7 Å². The van der Waals surface area contributed by atoms with Gasteiger partial charge in [-0.2, -0.15) is 9.97 Å². The van der Waals surface area contributed by atoms with E-state index in [0.29, 0.717) is 92.0 Å². The number of nitrogens with zero attached hydrogens (tertiary/aromatic N) is 7. The highest BCUT2D eigenvalue weighted by Gasteiger charge is 2.52. The van der Waals surface area contributed by atoms with Crippen LogP contribution >= 0.6 is 0 Å². The van der Waals surface area contributed by atoms with Gasteiger partial charge in [-0.05, 0) is 80.7 Å². The number of piperazine rings is 1. The number of anilines is 2. The number of hydrogen-bond acceptors (Lipinski definition) is 19. The highest BCUT2D eigenvalue weighted by atomic mass is 19.1. The number of phenolic OH excluding ortho intramolecular Hbond substituents is 1. The largest absolute Gasteiger partial charge is 0.508 e. The number of aryl methyl sites for hydroxylation is 1. The summed E-state index contributed by atoms with van der Waals surface area (Å²) >= 11 is 0. The number of halogens is 1. The third-order valence-electron chi connectivity index (χ3n) is 17.2. The zero-order valence-corrected chi connectivity index (χ0v) is 48.8. The lowest BCUT2D eigenvalue weighted by molar-refractivity contribution is -0.136. The van der Waals surface area contributed by atoms with E-state index < -0.39 is 53.0 Å². The molecule has 23 nitrogen and oxygen atoms in total. The molecule has 5 fully saturated rings. The maximum atomic E-state index is 15.3. The molecule has 6 aliphatic heterocycles. The summed E-state index contributed by atoms with van der Waals surface area (Å²) in [4.78, 5) is 98.6. The van der Waals surface area contributed by atoms with Gasteiger partial charge in [0.05, 0.1) is 104 Å². The number of nitrogens with one attached hydrogen (secondary N) is 3. The predicted molar refractivity (Wildman–Crippen MR) is 317 cm³/mol. The number of fused-ring (bicyclic) bond motifs is 6. The molecular weight excluding hydrogens is 1120 g/mol. The van der Waals surface area contributed by atoms with Crippen LogP contribution in [-0.4, -0.2) is 199 Å². The summed E-state index contributed by atoms with van der Waals surface area (Å²) in [6.45, 7) is 11.4. The van der Waals surface area contributed by atoms with E-state index in [9.17, 15) is 33.9 Å². The fourth-order valence-corrected chi connectivity index (χ4v) is 13.0. The number of aromatic nitrogens is 3. The molecule has 3 aromatic carbocycles. The first-order valence-corrected chi connectivity index (χ1v) is 29.7. The molecule has 4 unspecified atom stereocenters. The standard InChI is InChI=1S/C63H71FN10O13/c1-5-43-48(64)13-10-38-28-42(75)29-46(53(38)43)55-44(6-2)56-47(31-65-55)57(72-33-39-11-12-40(34-72)66-39)70-61(69-56)87-36-63-18-16-41(73(63)32-37(3)30-63)35-86-62(81)71(4)19-21-83-23-25-85-27-26-84-24-22-82-20-17-52(77)67-49-9-7-8-45-54(49)60(80)74(59(45)79)50-14-15-51(76)68-58(50)78/h1,7-10,13,28-29,31,39-41,50,66,75H,3,6,11-12,14-27,30,32-36H2,2,4H3,(H,67,77)(H,68,76,78)/t39?,40?,41-,50?,63?/m0/s1. The first kappa shape index (κ1) is 60.5. The lowest BCUT2D eigenvalue weighted by Crippen LogP contribution is -2.54. The van der Waals surface area contributed by atoms with Gasteiger partial charge in [-0.15, -0.1) is 6.42 Å². The van der Waals surface area contributed by atoms with Gasteiger partial charge >= 0.3 is 12.1 Å². The SMILES string of the molecule is C#Cc1c(F)ccc2cc(O)cc(-c3ncc4c(N5CC6CCC(C5)N6)nc(OCC56CC[C@@H](COC(=O)N(C)CCOCCOCCOCCOCCC(=O)Nc7cccc8c7C(=O)N(C7CCC(=O)NC7=O)C8=O)N5CC(=C)C6)nc4c3CC)c12. The second kappa shape index (κ2) is 26.4. The second-order valence-corrected chi connectivity index (χ2v) is 22.9. The van der Waals surface area contributed by atoms with E-state index in [0.717, 1.165) is 66.0 Å². The molecule has 0 saturated carbocycles. The van der Waals surface area contributed by atoms with Gasteiger partial charge in [0.25, 0.3) is 11.8 Å². The smallest absolute Gasteiger partial charge is 0.409 e.